The van der Waals surface area contributed by atoms with E-state index in [4.69, 9.17) is 0 Å². The van der Waals surface area contributed by atoms with Crippen molar-refractivity contribution >= 4 is 0 Å². The van der Waals surface area contributed by atoms with Crippen LogP contribution in [0.2, 0.25) is 0 Å². The molecule has 1 fully saturated rings. The summed E-state index contributed by atoms with van der Waals surface area (Å²) >= 11 is 0. The van der Waals surface area contributed by atoms with Crippen LogP contribution in [-0.2, 0) is 0 Å². The van der Waals surface area contributed by atoms with Crippen LogP contribution in [0.5, 0.6) is 0 Å². The van der Waals surface area contributed by atoms with E-state index < -0.39 is 0 Å². The first kappa shape index (κ1) is 15.8. The van der Waals surface area contributed by atoms with E-state index >= 15 is 0 Å². The Bertz CT molecular complexity index is 407. The van der Waals surface area contributed by atoms with Crippen molar-refractivity contribution in [2.75, 3.05) is 0 Å². The molecule has 0 saturated carbocycles. The van der Waals surface area contributed by atoms with Gasteiger partial charge < -0.3 is 4.90 Å². The van der Waals surface area contributed by atoms with Gasteiger partial charge in [0, 0.05) is 23.4 Å². The van der Waals surface area contributed by atoms with Crippen LogP contribution in [0.25, 0.3) is 0 Å². The van der Waals surface area contributed by atoms with Crippen LogP contribution in [0.4, 0.5) is 0 Å². The summed E-state index contributed by atoms with van der Waals surface area (Å²) in [5.74, 6) is 0.567. The molecule has 1 nitrogen and oxygen atoms in total. The van der Waals surface area contributed by atoms with Gasteiger partial charge in [-0.25, -0.2) is 0 Å². The first-order valence-corrected chi connectivity index (χ1v) is 7.31. The Morgan fingerprint density at radius 1 is 1.26 bits per heavy atom. The highest BCUT2D eigenvalue weighted by molar-refractivity contribution is 5.23. The van der Waals surface area contributed by atoms with Crippen LogP contribution in [0, 0.1) is 5.92 Å². The van der Waals surface area contributed by atoms with Crippen molar-refractivity contribution in [3.63, 3.8) is 0 Å². The lowest BCUT2D eigenvalue weighted by Crippen LogP contribution is -2.25. The first-order chi connectivity index (χ1) is 8.86. The number of hydrogen-bond donors (Lipinski definition) is 0. The summed E-state index contributed by atoms with van der Waals surface area (Å²) in [6.07, 6.45) is 7.85. The molecular weight excluding hydrogens is 230 g/mol. The summed E-state index contributed by atoms with van der Waals surface area (Å²) in [6.45, 7) is 19.2. The minimum absolute atomic E-state index is 0.567. The molecule has 1 saturated heterocycles. The third-order valence-corrected chi connectivity index (χ3v) is 3.81. The van der Waals surface area contributed by atoms with Crippen molar-refractivity contribution in [2.45, 2.75) is 59.9 Å². The maximum Gasteiger partial charge on any atom is 0.0339 e. The summed E-state index contributed by atoms with van der Waals surface area (Å²) < 4.78 is 0. The molecule has 1 aliphatic rings. The number of rotatable bonds is 5. The molecule has 0 N–H and O–H groups in total. The Balaban J connectivity index is 2.92. The van der Waals surface area contributed by atoms with Gasteiger partial charge in [0.15, 0.2) is 0 Å². The standard InChI is InChI=1S/C18H29N/c1-8-18-12-17(11-14(4)5)16(7)19(18)15(6)10-9-13(2)3/h9-10,17-18H,4,7-8,11-12H2,1-3,5-6H3. The second kappa shape index (κ2) is 6.79. The van der Waals surface area contributed by atoms with Crippen LogP contribution in [0.1, 0.15) is 53.9 Å². The number of hydrogen-bond acceptors (Lipinski definition) is 1. The second-order valence-corrected chi connectivity index (χ2v) is 6.07. The molecule has 0 aliphatic carbocycles. The fourth-order valence-electron chi connectivity index (χ4n) is 2.85. The zero-order chi connectivity index (χ0) is 14.6. The molecule has 0 aromatic heterocycles. The molecule has 1 aliphatic heterocycles. The Kier molecular flexibility index (Phi) is 5.65. The third kappa shape index (κ3) is 4.12. The van der Waals surface area contributed by atoms with E-state index in [-0.39, 0.29) is 0 Å². The van der Waals surface area contributed by atoms with E-state index in [9.17, 15) is 0 Å². The topological polar surface area (TPSA) is 3.24 Å². The van der Waals surface area contributed by atoms with E-state index in [1.54, 1.807) is 0 Å². The molecular formula is C18H29N. The van der Waals surface area contributed by atoms with Crippen LogP contribution in [0.15, 0.2) is 47.9 Å². The van der Waals surface area contributed by atoms with Crippen molar-refractivity contribution in [2.24, 2.45) is 5.92 Å². The molecule has 1 heteroatoms. The van der Waals surface area contributed by atoms with Gasteiger partial charge >= 0.3 is 0 Å². The predicted octanol–water partition coefficient (Wildman–Crippen LogP) is 5.44. The van der Waals surface area contributed by atoms with Gasteiger partial charge in [-0.15, -0.1) is 6.58 Å². The molecule has 2 atom stereocenters. The molecule has 0 amide bonds. The molecule has 2 unspecified atom stereocenters. The maximum absolute atomic E-state index is 4.34. The predicted molar refractivity (Wildman–Crippen MR) is 85.8 cm³/mol. The number of nitrogens with zero attached hydrogens (tertiary/aromatic N) is 1. The monoisotopic (exact) mass is 259 g/mol. The van der Waals surface area contributed by atoms with Crippen molar-refractivity contribution < 1.29 is 0 Å². The Morgan fingerprint density at radius 2 is 1.89 bits per heavy atom. The van der Waals surface area contributed by atoms with Gasteiger partial charge in [-0.2, -0.15) is 0 Å². The summed E-state index contributed by atoms with van der Waals surface area (Å²) in [6, 6.07) is 0.596. The Hall–Kier alpha value is -1.24. The van der Waals surface area contributed by atoms with Crippen LogP contribution >= 0.6 is 0 Å². The molecule has 1 heterocycles. The van der Waals surface area contributed by atoms with Gasteiger partial charge in [0.1, 0.15) is 0 Å². The molecule has 0 bridgehead atoms. The smallest absolute Gasteiger partial charge is 0.0339 e. The minimum Gasteiger partial charge on any atom is -0.346 e. The molecule has 19 heavy (non-hydrogen) atoms. The highest BCUT2D eigenvalue weighted by atomic mass is 15.2. The van der Waals surface area contributed by atoms with Crippen LogP contribution < -0.4 is 0 Å². The van der Waals surface area contributed by atoms with Crippen LogP contribution in [-0.4, -0.2) is 10.9 Å². The fraction of sp³-hybridized carbons (Fsp3) is 0.556. The van der Waals surface area contributed by atoms with E-state index in [1.807, 2.05) is 0 Å². The summed E-state index contributed by atoms with van der Waals surface area (Å²) in [4.78, 5) is 2.44. The lowest BCUT2D eigenvalue weighted by molar-refractivity contribution is 0.353. The summed E-state index contributed by atoms with van der Waals surface area (Å²) in [5.41, 5.74) is 5.16. The molecule has 0 spiro atoms. The second-order valence-electron chi connectivity index (χ2n) is 6.07. The van der Waals surface area contributed by atoms with E-state index in [2.05, 4.69) is 64.8 Å². The zero-order valence-electron chi connectivity index (χ0n) is 13.3. The summed E-state index contributed by atoms with van der Waals surface area (Å²) in [7, 11) is 0. The molecule has 0 aromatic carbocycles. The normalized spacial score (nSPS) is 23.7. The number of allylic oxidation sites excluding steroid dienone is 6. The molecule has 106 valence electrons. The van der Waals surface area contributed by atoms with Gasteiger partial charge in [0.25, 0.3) is 0 Å². The lowest BCUT2D eigenvalue weighted by atomic mass is 9.95. The van der Waals surface area contributed by atoms with Crippen LogP contribution in [0.3, 0.4) is 0 Å². The van der Waals surface area contributed by atoms with Gasteiger partial charge in [-0.1, -0.05) is 30.7 Å². The van der Waals surface area contributed by atoms with Gasteiger partial charge in [-0.05, 0) is 53.0 Å². The third-order valence-electron chi connectivity index (χ3n) is 3.81. The highest BCUT2D eigenvalue weighted by Crippen LogP contribution is 2.39. The Morgan fingerprint density at radius 3 is 2.37 bits per heavy atom. The average Bonchev–Trinajstić information content (AvgIpc) is 2.62. The van der Waals surface area contributed by atoms with Crippen molar-refractivity contribution in [1.29, 1.82) is 0 Å². The van der Waals surface area contributed by atoms with Gasteiger partial charge in [0.2, 0.25) is 0 Å². The highest BCUT2D eigenvalue weighted by Gasteiger charge is 2.34. The van der Waals surface area contributed by atoms with Crippen molar-refractivity contribution in [3.05, 3.63) is 47.9 Å². The first-order valence-electron chi connectivity index (χ1n) is 7.31. The Labute approximate surface area is 119 Å². The molecule has 0 radical (unpaired) electrons. The number of likely N-dealkylation sites (tertiary alicyclic amines) is 1. The largest absolute Gasteiger partial charge is 0.346 e. The molecule has 1 rings (SSSR count). The fourth-order valence-corrected chi connectivity index (χ4v) is 2.85. The van der Waals surface area contributed by atoms with E-state index in [1.165, 1.54) is 35.4 Å². The summed E-state index contributed by atoms with van der Waals surface area (Å²) in [5, 5.41) is 0. The van der Waals surface area contributed by atoms with Crippen molar-refractivity contribution in [3.8, 4) is 0 Å². The maximum atomic E-state index is 4.34. The van der Waals surface area contributed by atoms with Gasteiger partial charge in [-0.3, -0.25) is 0 Å². The average molecular weight is 259 g/mol. The lowest BCUT2D eigenvalue weighted by Gasteiger charge is -2.28. The molecule has 0 aromatic rings. The van der Waals surface area contributed by atoms with Crippen molar-refractivity contribution in [1.82, 2.24) is 4.90 Å². The van der Waals surface area contributed by atoms with Gasteiger partial charge in [0.05, 0.1) is 0 Å². The quantitative estimate of drug-likeness (QED) is 0.469. The van der Waals surface area contributed by atoms with E-state index in [0.717, 1.165) is 6.42 Å². The minimum atomic E-state index is 0.567. The SMILES string of the molecule is C=C(C)CC1CC(CC)N(C(C)=CC=C(C)C)C1=C. The van der Waals surface area contributed by atoms with E-state index in [0.29, 0.717) is 12.0 Å². The zero-order valence-corrected chi connectivity index (χ0v) is 13.3.